The highest BCUT2D eigenvalue weighted by Crippen LogP contribution is 2.36. The molecule has 0 fully saturated rings. The lowest BCUT2D eigenvalue weighted by molar-refractivity contribution is 0.0621. The van der Waals surface area contributed by atoms with Crippen molar-refractivity contribution in [1.29, 1.82) is 0 Å². The number of carboxylic acid groups (broad SMARTS) is 4. The Labute approximate surface area is 149 Å². The minimum Gasteiger partial charge on any atom is -0.478 e. The molecule has 5 N–H and O–H groups in total. The first-order chi connectivity index (χ1) is 12.8. The lowest BCUT2D eigenvalue weighted by Gasteiger charge is -2.16. The van der Waals surface area contributed by atoms with E-state index >= 15 is 0 Å². The number of rotatable bonds is 5. The molecule has 27 heavy (non-hydrogen) atoms. The first kappa shape index (κ1) is 17.6. The van der Waals surface area contributed by atoms with Crippen molar-refractivity contribution in [1.82, 2.24) is 9.97 Å². The maximum absolute atomic E-state index is 11.9. The number of carboxylic acids is 4. The Balaban J connectivity index is 2.72. The van der Waals surface area contributed by atoms with E-state index in [1.165, 1.54) is 30.6 Å². The predicted molar refractivity (Wildman–Crippen MR) is 89.4 cm³/mol. The number of H-pyrrole nitrogens is 1. The summed E-state index contributed by atoms with van der Waals surface area (Å²) in [5.41, 5.74) is -3.73. The number of fused-ring (bicyclic) bond motifs is 1. The molecular formula is C17H10N2O8. The molecule has 0 radical (unpaired) electrons. The van der Waals surface area contributed by atoms with Gasteiger partial charge >= 0.3 is 23.9 Å². The average Bonchev–Trinajstić information content (AvgIpc) is 3.12. The molecule has 1 aromatic heterocycles. The van der Waals surface area contributed by atoms with Crippen molar-refractivity contribution in [2.75, 3.05) is 0 Å². The highest BCUT2D eigenvalue weighted by Gasteiger charge is 2.34. The van der Waals surface area contributed by atoms with Crippen LogP contribution < -0.4 is 0 Å². The van der Waals surface area contributed by atoms with Crippen LogP contribution in [0.3, 0.4) is 0 Å². The molecule has 0 amide bonds. The van der Waals surface area contributed by atoms with E-state index < -0.39 is 46.1 Å². The zero-order chi connectivity index (χ0) is 19.9. The summed E-state index contributed by atoms with van der Waals surface area (Å²) < 4.78 is 0. The molecule has 1 heterocycles. The second kappa shape index (κ2) is 6.26. The Morgan fingerprint density at radius 1 is 0.778 bits per heavy atom. The van der Waals surface area contributed by atoms with Crippen molar-refractivity contribution in [2.45, 2.75) is 0 Å². The lowest BCUT2D eigenvalue weighted by atomic mass is 9.86. The molecule has 0 atom stereocenters. The average molecular weight is 370 g/mol. The van der Waals surface area contributed by atoms with Crippen molar-refractivity contribution < 1.29 is 39.6 Å². The van der Waals surface area contributed by atoms with E-state index in [0.717, 1.165) is 0 Å². The molecule has 0 spiro atoms. The fourth-order valence-corrected chi connectivity index (χ4v) is 3.01. The second-order valence-corrected chi connectivity index (χ2v) is 5.39. The molecule has 10 nitrogen and oxygen atoms in total. The summed E-state index contributed by atoms with van der Waals surface area (Å²) in [6.07, 6.45) is 2.81. The van der Waals surface area contributed by atoms with Crippen molar-refractivity contribution in [3.63, 3.8) is 0 Å². The molecule has 0 aliphatic heterocycles. The van der Waals surface area contributed by atoms with Gasteiger partial charge in [-0.15, -0.1) is 0 Å². The van der Waals surface area contributed by atoms with Crippen molar-refractivity contribution in [3.05, 3.63) is 52.8 Å². The first-order valence-electron chi connectivity index (χ1n) is 7.31. The van der Waals surface area contributed by atoms with Crippen LogP contribution in [0.1, 0.15) is 41.4 Å². The van der Waals surface area contributed by atoms with E-state index in [9.17, 15) is 39.6 Å². The maximum Gasteiger partial charge on any atom is 0.337 e. The van der Waals surface area contributed by atoms with Crippen LogP contribution in [0.2, 0.25) is 0 Å². The van der Waals surface area contributed by atoms with Gasteiger partial charge in [-0.25, -0.2) is 24.2 Å². The molecule has 136 valence electrons. The SMILES string of the molecule is O=C(O)c1c(C(=O)O)c(C(=O)O)c2c(-c3ncc[nH]3)cccc2c1C(=O)O. The van der Waals surface area contributed by atoms with Crippen LogP contribution in [0, 0.1) is 0 Å². The van der Waals surface area contributed by atoms with Gasteiger partial charge in [-0.1, -0.05) is 18.2 Å². The standard InChI is InChI=1S/C17H10N2O8/c20-14(21)9-6-2-1-3-7(13-18-4-5-19-13)8(6)10(15(22)23)12(17(26)27)11(9)16(24)25/h1-5H,(H,18,19)(H,20,21)(H,22,23)(H,24,25)(H,26,27). The van der Waals surface area contributed by atoms with Crippen molar-refractivity contribution in [3.8, 4) is 11.4 Å². The predicted octanol–water partition coefficient (Wildman–Crippen LogP) is 2.02. The van der Waals surface area contributed by atoms with Crippen LogP contribution in [0.4, 0.5) is 0 Å². The topological polar surface area (TPSA) is 178 Å². The number of carbonyl (C=O) groups is 4. The summed E-state index contributed by atoms with van der Waals surface area (Å²) in [6, 6.07) is 4.03. The number of imidazole rings is 1. The Morgan fingerprint density at radius 3 is 1.81 bits per heavy atom. The zero-order valence-electron chi connectivity index (χ0n) is 13.3. The van der Waals surface area contributed by atoms with Gasteiger partial charge in [0.2, 0.25) is 0 Å². The summed E-state index contributed by atoms with van der Waals surface area (Å²) in [6.45, 7) is 0. The van der Waals surface area contributed by atoms with Gasteiger partial charge in [0, 0.05) is 23.3 Å². The molecule has 0 saturated heterocycles. The molecule has 0 saturated carbocycles. The van der Waals surface area contributed by atoms with Crippen LogP contribution in [0.25, 0.3) is 22.2 Å². The van der Waals surface area contributed by atoms with Gasteiger partial charge in [0.05, 0.1) is 22.3 Å². The molecule has 10 heteroatoms. The summed E-state index contributed by atoms with van der Waals surface area (Å²) in [5, 5.41) is 37.6. The van der Waals surface area contributed by atoms with Crippen LogP contribution in [-0.4, -0.2) is 54.3 Å². The Morgan fingerprint density at radius 2 is 1.33 bits per heavy atom. The van der Waals surface area contributed by atoms with Gasteiger partial charge in [0.25, 0.3) is 0 Å². The first-order valence-corrected chi connectivity index (χ1v) is 7.31. The molecule has 0 aliphatic carbocycles. The highest BCUT2D eigenvalue weighted by atomic mass is 16.4. The summed E-state index contributed by atoms with van der Waals surface area (Å²) >= 11 is 0. The number of nitrogens with one attached hydrogen (secondary N) is 1. The number of aromatic carboxylic acids is 4. The quantitative estimate of drug-likeness (QED) is 0.449. The number of aromatic nitrogens is 2. The van der Waals surface area contributed by atoms with Gasteiger partial charge in [-0.2, -0.15) is 0 Å². The highest BCUT2D eigenvalue weighted by molar-refractivity contribution is 6.25. The van der Waals surface area contributed by atoms with Gasteiger partial charge in [0.1, 0.15) is 5.82 Å². The molecule has 3 rings (SSSR count). The Hall–Kier alpha value is -4.21. The third-order valence-corrected chi connectivity index (χ3v) is 3.94. The number of benzene rings is 2. The number of hydrogen-bond donors (Lipinski definition) is 5. The third kappa shape index (κ3) is 2.65. The minimum atomic E-state index is -1.87. The third-order valence-electron chi connectivity index (χ3n) is 3.94. The van der Waals surface area contributed by atoms with E-state index in [2.05, 4.69) is 9.97 Å². The normalized spacial score (nSPS) is 10.7. The monoisotopic (exact) mass is 370 g/mol. The summed E-state index contributed by atoms with van der Waals surface area (Å²) in [5.74, 6) is -6.98. The summed E-state index contributed by atoms with van der Waals surface area (Å²) in [4.78, 5) is 53.7. The molecule has 3 aromatic rings. The van der Waals surface area contributed by atoms with Crippen LogP contribution >= 0.6 is 0 Å². The van der Waals surface area contributed by atoms with Crippen LogP contribution in [0.5, 0.6) is 0 Å². The van der Waals surface area contributed by atoms with E-state index in [-0.39, 0.29) is 22.2 Å². The van der Waals surface area contributed by atoms with Crippen LogP contribution in [0.15, 0.2) is 30.6 Å². The van der Waals surface area contributed by atoms with E-state index in [0.29, 0.717) is 0 Å². The molecular weight excluding hydrogens is 360 g/mol. The van der Waals surface area contributed by atoms with Crippen LogP contribution in [-0.2, 0) is 0 Å². The summed E-state index contributed by atoms with van der Waals surface area (Å²) in [7, 11) is 0. The van der Waals surface area contributed by atoms with Gasteiger partial charge in [-0.3, -0.25) is 0 Å². The smallest absolute Gasteiger partial charge is 0.337 e. The molecule has 2 aromatic carbocycles. The Kier molecular flexibility index (Phi) is 4.08. The van der Waals surface area contributed by atoms with E-state index in [1.54, 1.807) is 0 Å². The van der Waals surface area contributed by atoms with Gasteiger partial charge < -0.3 is 25.4 Å². The zero-order valence-corrected chi connectivity index (χ0v) is 13.3. The number of hydrogen-bond acceptors (Lipinski definition) is 5. The van der Waals surface area contributed by atoms with Crippen molar-refractivity contribution in [2.24, 2.45) is 0 Å². The largest absolute Gasteiger partial charge is 0.478 e. The maximum atomic E-state index is 11.9. The van der Waals surface area contributed by atoms with Crippen molar-refractivity contribution >= 4 is 34.6 Å². The number of nitrogens with zero attached hydrogens (tertiary/aromatic N) is 1. The van der Waals surface area contributed by atoms with E-state index in [4.69, 9.17) is 0 Å². The fraction of sp³-hybridized carbons (Fsp3) is 0. The molecule has 0 unspecified atom stereocenters. The lowest BCUT2D eigenvalue weighted by Crippen LogP contribution is -2.20. The van der Waals surface area contributed by atoms with E-state index in [1.807, 2.05) is 0 Å². The second-order valence-electron chi connectivity index (χ2n) is 5.39. The fourth-order valence-electron chi connectivity index (χ4n) is 3.01. The number of aromatic amines is 1. The minimum absolute atomic E-state index is 0.122. The Bertz CT molecular complexity index is 1130. The molecule has 0 aliphatic rings. The molecule has 0 bridgehead atoms. The van der Waals surface area contributed by atoms with Gasteiger partial charge in [-0.05, 0) is 5.39 Å². The van der Waals surface area contributed by atoms with Gasteiger partial charge in [0.15, 0.2) is 0 Å².